The lowest BCUT2D eigenvalue weighted by atomic mass is 10.2. The topological polar surface area (TPSA) is 37.8 Å². The standard InChI is InChI=1S/C13H14ClN3S/c1-15-13-7-16-11(6-17-13)9-18-8-10-4-2-3-5-12(10)14/h2-7H,8-9H2,1H3,(H,15,17). The molecule has 18 heavy (non-hydrogen) atoms. The van der Waals surface area contributed by atoms with Crippen molar-refractivity contribution in [3.8, 4) is 0 Å². The van der Waals surface area contributed by atoms with Crippen molar-refractivity contribution in [2.45, 2.75) is 11.5 Å². The monoisotopic (exact) mass is 279 g/mol. The second-order valence-corrected chi connectivity index (χ2v) is 5.12. The molecule has 2 aromatic rings. The summed E-state index contributed by atoms with van der Waals surface area (Å²) in [5.74, 6) is 2.51. The van der Waals surface area contributed by atoms with E-state index >= 15 is 0 Å². The minimum absolute atomic E-state index is 0.787. The molecule has 0 saturated heterocycles. The van der Waals surface area contributed by atoms with Gasteiger partial charge in [-0.05, 0) is 11.6 Å². The summed E-state index contributed by atoms with van der Waals surface area (Å²) in [5.41, 5.74) is 2.13. The van der Waals surface area contributed by atoms with Crippen LogP contribution in [0.2, 0.25) is 5.02 Å². The van der Waals surface area contributed by atoms with Gasteiger partial charge >= 0.3 is 0 Å². The Labute approximate surface area is 116 Å². The molecular weight excluding hydrogens is 266 g/mol. The Morgan fingerprint density at radius 3 is 2.67 bits per heavy atom. The molecule has 0 atom stereocenters. The summed E-state index contributed by atoms with van der Waals surface area (Å²) in [6, 6.07) is 7.91. The second kappa shape index (κ2) is 6.61. The zero-order chi connectivity index (χ0) is 12.8. The van der Waals surface area contributed by atoms with Crippen LogP contribution in [-0.4, -0.2) is 17.0 Å². The van der Waals surface area contributed by atoms with Gasteiger partial charge in [0.15, 0.2) is 0 Å². The highest BCUT2D eigenvalue weighted by Gasteiger charge is 2.01. The van der Waals surface area contributed by atoms with Gasteiger partial charge in [0.05, 0.1) is 18.1 Å². The molecule has 0 aliphatic rings. The third-order valence-electron chi connectivity index (χ3n) is 2.43. The van der Waals surface area contributed by atoms with Crippen LogP contribution in [0.15, 0.2) is 36.7 Å². The minimum Gasteiger partial charge on any atom is -0.372 e. The molecule has 5 heteroatoms. The van der Waals surface area contributed by atoms with Crippen molar-refractivity contribution in [2.24, 2.45) is 0 Å². The average molecular weight is 280 g/mol. The van der Waals surface area contributed by atoms with Crippen molar-refractivity contribution in [3.63, 3.8) is 0 Å². The first-order chi connectivity index (χ1) is 8.79. The van der Waals surface area contributed by atoms with Gasteiger partial charge in [0.1, 0.15) is 5.82 Å². The molecule has 0 aliphatic heterocycles. The van der Waals surface area contributed by atoms with Crippen molar-refractivity contribution in [1.29, 1.82) is 0 Å². The summed E-state index contributed by atoms with van der Waals surface area (Å²) < 4.78 is 0. The number of anilines is 1. The molecule has 0 saturated carbocycles. The fourth-order valence-corrected chi connectivity index (χ4v) is 2.65. The summed E-state index contributed by atoms with van der Waals surface area (Å²) in [4.78, 5) is 8.55. The highest BCUT2D eigenvalue weighted by Crippen LogP contribution is 2.22. The molecule has 0 amide bonds. The molecule has 94 valence electrons. The molecule has 0 aliphatic carbocycles. The van der Waals surface area contributed by atoms with Crippen LogP contribution >= 0.6 is 23.4 Å². The smallest absolute Gasteiger partial charge is 0.144 e. The van der Waals surface area contributed by atoms with E-state index in [4.69, 9.17) is 11.6 Å². The van der Waals surface area contributed by atoms with Gasteiger partial charge in [0, 0.05) is 23.6 Å². The van der Waals surface area contributed by atoms with Gasteiger partial charge in [0.2, 0.25) is 0 Å². The first kappa shape index (κ1) is 13.2. The Kier molecular flexibility index (Phi) is 4.84. The molecule has 1 N–H and O–H groups in total. The lowest BCUT2D eigenvalue weighted by molar-refractivity contribution is 1.10. The fraction of sp³-hybridized carbons (Fsp3) is 0.231. The highest BCUT2D eigenvalue weighted by atomic mass is 35.5. The van der Waals surface area contributed by atoms with E-state index in [1.54, 1.807) is 24.2 Å². The number of aromatic nitrogens is 2. The van der Waals surface area contributed by atoms with Gasteiger partial charge in [-0.3, -0.25) is 4.98 Å². The number of thioether (sulfide) groups is 1. The van der Waals surface area contributed by atoms with Crippen molar-refractivity contribution in [2.75, 3.05) is 12.4 Å². The second-order valence-electron chi connectivity index (χ2n) is 3.73. The Bertz CT molecular complexity index is 502. The third-order valence-corrected chi connectivity index (χ3v) is 3.81. The predicted octanol–water partition coefficient (Wildman–Crippen LogP) is 3.61. The quantitative estimate of drug-likeness (QED) is 0.907. The molecule has 0 spiro atoms. The van der Waals surface area contributed by atoms with Crippen molar-refractivity contribution >= 4 is 29.2 Å². The van der Waals surface area contributed by atoms with Gasteiger partial charge in [-0.2, -0.15) is 11.8 Å². The summed E-state index contributed by atoms with van der Waals surface area (Å²) >= 11 is 7.88. The largest absolute Gasteiger partial charge is 0.372 e. The van der Waals surface area contributed by atoms with E-state index in [9.17, 15) is 0 Å². The predicted molar refractivity (Wildman–Crippen MR) is 78.0 cm³/mol. The van der Waals surface area contributed by atoms with Crippen LogP contribution in [0, 0.1) is 0 Å². The summed E-state index contributed by atoms with van der Waals surface area (Å²) in [6.45, 7) is 0. The van der Waals surface area contributed by atoms with E-state index in [0.29, 0.717) is 0 Å². The summed E-state index contributed by atoms with van der Waals surface area (Å²) in [5, 5.41) is 3.77. The number of halogens is 1. The third kappa shape index (κ3) is 3.62. The SMILES string of the molecule is CNc1cnc(CSCc2ccccc2Cl)cn1. The lowest BCUT2D eigenvalue weighted by Gasteiger charge is -2.04. The number of nitrogens with zero attached hydrogens (tertiary/aromatic N) is 2. The van der Waals surface area contributed by atoms with Crippen molar-refractivity contribution in [1.82, 2.24) is 9.97 Å². The number of hydrogen-bond donors (Lipinski definition) is 1. The van der Waals surface area contributed by atoms with Crippen LogP contribution in [0.5, 0.6) is 0 Å². The summed E-state index contributed by atoms with van der Waals surface area (Å²) in [6.07, 6.45) is 3.54. The van der Waals surface area contributed by atoms with Crippen molar-refractivity contribution in [3.05, 3.63) is 52.9 Å². The zero-order valence-corrected chi connectivity index (χ0v) is 11.6. The van der Waals surface area contributed by atoms with E-state index in [0.717, 1.165) is 33.6 Å². The average Bonchev–Trinajstić information content (AvgIpc) is 2.42. The normalized spacial score (nSPS) is 10.3. The van der Waals surface area contributed by atoms with E-state index in [1.165, 1.54) is 0 Å². The number of rotatable bonds is 5. The fourth-order valence-electron chi connectivity index (χ4n) is 1.44. The van der Waals surface area contributed by atoms with Crippen LogP contribution in [0.1, 0.15) is 11.3 Å². The van der Waals surface area contributed by atoms with Gasteiger partial charge in [-0.1, -0.05) is 29.8 Å². The zero-order valence-electron chi connectivity index (χ0n) is 10.1. The Morgan fingerprint density at radius 1 is 1.17 bits per heavy atom. The molecule has 3 nitrogen and oxygen atoms in total. The Balaban J connectivity index is 1.86. The number of hydrogen-bond acceptors (Lipinski definition) is 4. The van der Waals surface area contributed by atoms with Crippen molar-refractivity contribution < 1.29 is 0 Å². The van der Waals surface area contributed by atoms with Crippen LogP contribution in [-0.2, 0) is 11.5 Å². The van der Waals surface area contributed by atoms with Gasteiger partial charge in [0.25, 0.3) is 0 Å². The molecule has 1 aromatic heterocycles. The first-order valence-electron chi connectivity index (χ1n) is 5.59. The molecular formula is C13H14ClN3S. The van der Waals surface area contributed by atoms with Crippen LogP contribution < -0.4 is 5.32 Å². The highest BCUT2D eigenvalue weighted by molar-refractivity contribution is 7.97. The van der Waals surface area contributed by atoms with E-state index in [-0.39, 0.29) is 0 Å². The van der Waals surface area contributed by atoms with Gasteiger partial charge in [-0.15, -0.1) is 0 Å². The molecule has 0 radical (unpaired) electrons. The minimum atomic E-state index is 0.787. The lowest BCUT2D eigenvalue weighted by Crippen LogP contribution is -1.95. The molecule has 0 unspecified atom stereocenters. The van der Waals surface area contributed by atoms with Gasteiger partial charge < -0.3 is 5.32 Å². The maximum atomic E-state index is 6.10. The maximum Gasteiger partial charge on any atom is 0.144 e. The molecule has 1 aromatic carbocycles. The molecule has 2 rings (SSSR count). The van der Waals surface area contributed by atoms with Crippen LogP contribution in [0.3, 0.4) is 0 Å². The Hall–Kier alpha value is -1.26. The summed E-state index contributed by atoms with van der Waals surface area (Å²) in [7, 11) is 1.83. The molecule has 1 heterocycles. The van der Waals surface area contributed by atoms with Gasteiger partial charge in [-0.25, -0.2) is 4.98 Å². The van der Waals surface area contributed by atoms with E-state index in [2.05, 4.69) is 15.3 Å². The number of nitrogens with one attached hydrogen (secondary N) is 1. The Morgan fingerprint density at radius 2 is 2.00 bits per heavy atom. The van der Waals surface area contributed by atoms with E-state index < -0.39 is 0 Å². The van der Waals surface area contributed by atoms with Crippen LogP contribution in [0.4, 0.5) is 5.82 Å². The molecule has 0 fully saturated rings. The maximum absolute atomic E-state index is 6.10. The number of benzene rings is 1. The van der Waals surface area contributed by atoms with Crippen LogP contribution in [0.25, 0.3) is 0 Å². The van der Waals surface area contributed by atoms with E-state index in [1.807, 2.05) is 31.3 Å². The first-order valence-corrected chi connectivity index (χ1v) is 7.12. The molecule has 0 bridgehead atoms.